The molecule has 0 bridgehead atoms. The first kappa shape index (κ1) is 33.9. The van der Waals surface area contributed by atoms with E-state index in [0.717, 1.165) is 63.6 Å². The van der Waals surface area contributed by atoms with Crippen LogP contribution < -0.4 is 15.4 Å². The molecule has 1 saturated heterocycles. The Balaban J connectivity index is 1.32. The van der Waals surface area contributed by atoms with Crippen molar-refractivity contribution in [1.82, 2.24) is 9.47 Å². The molecule has 2 aromatic carbocycles. The maximum atomic E-state index is 13.7. The third kappa shape index (κ3) is 7.93. The van der Waals surface area contributed by atoms with Crippen LogP contribution in [0, 0.1) is 11.8 Å². The number of hydrogen-bond acceptors (Lipinski definition) is 7. The van der Waals surface area contributed by atoms with Crippen molar-refractivity contribution < 1.29 is 31.1 Å². The molecule has 1 atom stereocenters. The minimum absolute atomic E-state index is 0.107. The molecule has 1 aliphatic carbocycles. The molecule has 0 amide bonds. The molecule has 2 N–H and O–H groups in total. The van der Waals surface area contributed by atoms with Crippen LogP contribution in [0.1, 0.15) is 51.1 Å². The number of alkyl halides is 3. The maximum absolute atomic E-state index is 13.7. The number of fused-ring (bicyclic) bond motifs is 1. The highest BCUT2D eigenvalue weighted by atomic mass is 32.2. The lowest BCUT2D eigenvalue weighted by Crippen LogP contribution is -2.55. The number of hydrogen-bond donors (Lipinski definition) is 2. The second-order valence-corrected chi connectivity index (χ2v) is 14.6. The van der Waals surface area contributed by atoms with Crippen LogP contribution >= 0.6 is 0 Å². The van der Waals surface area contributed by atoms with E-state index >= 15 is 0 Å². The minimum atomic E-state index is -4.43. The molecule has 46 heavy (non-hydrogen) atoms. The summed E-state index contributed by atoms with van der Waals surface area (Å²) in [6.07, 6.45) is 3.22. The summed E-state index contributed by atoms with van der Waals surface area (Å²) in [6, 6.07) is 11.8. The fraction of sp³-hybridized carbons (Fsp3) is 0.529. The summed E-state index contributed by atoms with van der Waals surface area (Å²) < 4.78 is 77.1. The van der Waals surface area contributed by atoms with Gasteiger partial charge < -0.3 is 24.7 Å². The molecular formula is C34H43F3N4O4S. The Bertz CT molecular complexity index is 1700. The largest absolute Gasteiger partial charge is 0.495 e. The van der Waals surface area contributed by atoms with Gasteiger partial charge >= 0.3 is 6.18 Å². The first-order valence-electron chi connectivity index (χ1n) is 15.6. The van der Waals surface area contributed by atoms with Crippen molar-refractivity contribution >= 4 is 32.1 Å². The summed E-state index contributed by atoms with van der Waals surface area (Å²) >= 11 is 0. The molecule has 2 fully saturated rings. The lowest BCUT2D eigenvalue weighted by Gasteiger charge is -2.49. The van der Waals surface area contributed by atoms with E-state index < -0.39 is 22.6 Å². The monoisotopic (exact) mass is 660 g/mol. The summed E-state index contributed by atoms with van der Waals surface area (Å²) in [4.78, 5) is 2.70. The van der Waals surface area contributed by atoms with E-state index in [4.69, 9.17) is 9.47 Å². The van der Waals surface area contributed by atoms with Gasteiger partial charge in [0.05, 0.1) is 41.6 Å². The van der Waals surface area contributed by atoms with Gasteiger partial charge in [0.15, 0.2) is 9.84 Å². The van der Waals surface area contributed by atoms with Crippen LogP contribution in [0.5, 0.6) is 5.75 Å². The summed E-state index contributed by atoms with van der Waals surface area (Å²) in [6.45, 7) is 3.34. The van der Waals surface area contributed by atoms with E-state index in [1.807, 2.05) is 6.07 Å². The molecule has 2 aliphatic rings. The number of nitrogens with zero attached hydrogens (tertiary/aromatic N) is 2. The van der Waals surface area contributed by atoms with E-state index in [1.165, 1.54) is 23.8 Å². The van der Waals surface area contributed by atoms with Gasteiger partial charge in [-0.3, -0.25) is 4.90 Å². The Kier molecular flexibility index (Phi) is 10.2. The third-order valence-electron chi connectivity index (χ3n) is 9.37. The fourth-order valence-corrected chi connectivity index (χ4v) is 7.36. The van der Waals surface area contributed by atoms with Gasteiger partial charge in [-0.25, -0.2) is 8.42 Å². The van der Waals surface area contributed by atoms with Gasteiger partial charge in [-0.1, -0.05) is 12.0 Å². The van der Waals surface area contributed by atoms with Crippen molar-refractivity contribution in [3.8, 4) is 17.6 Å². The zero-order chi connectivity index (χ0) is 33.1. The third-order valence-corrected chi connectivity index (χ3v) is 10.5. The Morgan fingerprint density at radius 2 is 1.83 bits per heavy atom. The Morgan fingerprint density at radius 1 is 1.07 bits per heavy atom. The molecule has 8 nitrogen and oxygen atoms in total. The van der Waals surface area contributed by atoms with E-state index in [0.29, 0.717) is 22.3 Å². The van der Waals surface area contributed by atoms with E-state index in [-0.39, 0.29) is 34.8 Å². The average Bonchev–Trinajstić information content (AvgIpc) is 3.36. The summed E-state index contributed by atoms with van der Waals surface area (Å²) in [5, 5.41) is 7.42. The highest BCUT2D eigenvalue weighted by Gasteiger charge is 2.38. The lowest BCUT2D eigenvalue weighted by molar-refractivity contribution is -0.140. The van der Waals surface area contributed by atoms with Crippen LogP contribution in [0.25, 0.3) is 10.9 Å². The number of nitrogens with one attached hydrogen (secondary N) is 2. The molecule has 3 aromatic rings. The van der Waals surface area contributed by atoms with Gasteiger partial charge in [0.1, 0.15) is 12.3 Å². The molecule has 2 heterocycles. The van der Waals surface area contributed by atoms with Gasteiger partial charge in [-0.2, -0.15) is 13.2 Å². The molecule has 1 aliphatic heterocycles. The van der Waals surface area contributed by atoms with Crippen LogP contribution in [0.3, 0.4) is 0 Å². The second kappa shape index (κ2) is 13.8. The second-order valence-electron chi connectivity index (χ2n) is 12.6. The minimum Gasteiger partial charge on any atom is -0.495 e. The van der Waals surface area contributed by atoms with Crippen molar-refractivity contribution in [2.75, 3.05) is 50.7 Å². The predicted octanol–water partition coefficient (Wildman–Crippen LogP) is 6.30. The molecule has 250 valence electrons. The molecular weight excluding hydrogens is 617 g/mol. The molecule has 5 rings (SSSR count). The van der Waals surface area contributed by atoms with Crippen molar-refractivity contribution in [1.29, 1.82) is 0 Å². The van der Waals surface area contributed by atoms with Crippen LogP contribution in [-0.4, -0.2) is 81.9 Å². The lowest BCUT2D eigenvalue weighted by atomic mass is 9.78. The summed E-state index contributed by atoms with van der Waals surface area (Å²) in [5.74, 6) is 6.17. The number of aromatic nitrogens is 1. The molecule has 12 heteroatoms. The van der Waals surface area contributed by atoms with Crippen LogP contribution in [-0.2, 0) is 21.1 Å². The first-order valence-corrected chi connectivity index (χ1v) is 17.5. The molecule has 1 saturated carbocycles. The number of halogens is 3. The van der Waals surface area contributed by atoms with Gasteiger partial charge in [-0.15, -0.1) is 0 Å². The van der Waals surface area contributed by atoms with E-state index in [1.54, 1.807) is 31.4 Å². The number of benzene rings is 2. The topological polar surface area (TPSA) is 84.8 Å². The Morgan fingerprint density at radius 3 is 2.50 bits per heavy atom. The standard InChI is InChI=1S/C34H43F3N4O4S/c1-33(40-19-7-9-26(22-40)44-2)16-14-24(15-17-33)39-29-10-5-11-31-28(29)20-25(41(31)23-34(35,36)37)8-6-18-38-30-13-12-27(46(4,42)43)21-32(30)45-3/h5,10-13,20-21,24,26,38-39H,7,9,14-19,22-23H2,1-4H3. The van der Waals surface area contributed by atoms with Crippen LogP contribution in [0.4, 0.5) is 24.5 Å². The van der Waals surface area contributed by atoms with Crippen molar-refractivity contribution in [2.45, 2.75) is 80.7 Å². The molecule has 1 unspecified atom stereocenters. The average molecular weight is 661 g/mol. The first-order chi connectivity index (χ1) is 21.8. The predicted molar refractivity (Wildman–Crippen MR) is 175 cm³/mol. The Hall–Kier alpha value is -3.40. The van der Waals surface area contributed by atoms with Gasteiger partial charge in [0, 0.05) is 48.6 Å². The van der Waals surface area contributed by atoms with E-state index in [2.05, 4.69) is 34.3 Å². The summed E-state index contributed by atoms with van der Waals surface area (Å²) in [7, 11) is -0.199. The SMILES string of the molecule is COc1cc(S(C)(=O)=O)ccc1NCC#Cc1cc2c(NC3CCC(C)(N4CCCC(OC)C4)CC3)cccc2n1CC(F)(F)F. The number of sulfone groups is 1. The highest BCUT2D eigenvalue weighted by Crippen LogP contribution is 2.38. The fourth-order valence-electron chi connectivity index (χ4n) is 6.73. The maximum Gasteiger partial charge on any atom is 0.406 e. The molecule has 0 spiro atoms. The number of piperidine rings is 1. The summed E-state index contributed by atoms with van der Waals surface area (Å²) in [5.41, 5.74) is 2.18. The normalized spacial score (nSPS) is 22.7. The van der Waals surface area contributed by atoms with Gasteiger partial charge in [0.2, 0.25) is 0 Å². The molecule has 0 radical (unpaired) electrons. The Labute approximate surface area is 269 Å². The molecule has 1 aromatic heterocycles. The quantitative estimate of drug-likeness (QED) is 0.261. The zero-order valence-electron chi connectivity index (χ0n) is 26.8. The number of likely N-dealkylation sites (tertiary alicyclic amines) is 1. The number of anilines is 2. The number of ether oxygens (including phenoxy) is 2. The number of rotatable bonds is 9. The van der Waals surface area contributed by atoms with Crippen molar-refractivity contribution in [3.63, 3.8) is 0 Å². The van der Waals surface area contributed by atoms with Crippen LogP contribution in [0.2, 0.25) is 0 Å². The van der Waals surface area contributed by atoms with Gasteiger partial charge in [0.25, 0.3) is 0 Å². The highest BCUT2D eigenvalue weighted by molar-refractivity contribution is 7.90. The number of methoxy groups -OCH3 is 2. The van der Waals surface area contributed by atoms with E-state index in [9.17, 15) is 21.6 Å². The zero-order valence-corrected chi connectivity index (χ0v) is 27.7. The smallest absolute Gasteiger partial charge is 0.406 e. The van der Waals surface area contributed by atoms with Crippen molar-refractivity contribution in [3.05, 3.63) is 48.2 Å². The van der Waals surface area contributed by atoms with Crippen molar-refractivity contribution in [2.24, 2.45) is 0 Å². The van der Waals surface area contributed by atoms with Crippen LogP contribution in [0.15, 0.2) is 47.4 Å². The van der Waals surface area contributed by atoms with Gasteiger partial charge in [-0.05, 0) is 88.2 Å².